The number of benzene rings is 6. The summed E-state index contributed by atoms with van der Waals surface area (Å²) < 4.78 is 0. The zero-order valence-electron chi connectivity index (χ0n) is 21.0. The van der Waals surface area contributed by atoms with Crippen molar-refractivity contribution in [1.29, 1.82) is 0 Å². The molecule has 0 saturated carbocycles. The van der Waals surface area contributed by atoms with E-state index in [1.54, 1.807) is 0 Å². The van der Waals surface area contributed by atoms with Gasteiger partial charge in [0.1, 0.15) is 0 Å². The maximum Gasteiger partial charge on any atom is 0.221 e. The van der Waals surface area contributed by atoms with Crippen LogP contribution < -0.4 is 5.73 Å². The van der Waals surface area contributed by atoms with Crippen molar-refractivity contribution >= 4 is 16.7 Å². The zero-order valence-corrected chi connectivity index (χ0v) is 21.0. The van der Waals surface area contributed by atoms with E-state index in [2.05, 4.69) is 109 Å². The van der Waals surface area contributed by atoms with Crippen LogP contribution in [0.2, 0.25) is 0 Å². The minimum Gasteiger partial charge on any atom is -0.369 e. The highest BCUT2D eigenvalue weighted by Gasteiger charge is 2.25. The number of carbonyl (C=O) groups excluding carboxylic acids is 1. The topological polar surface area (TPSA) is 43.1 Å². The summed E-state index contributed by atoms with van der Waals surface area (Å²) in [6.45, 7) is 0. The highest BCUT2D eigenvalue weighted by Crippen LogP contribution is 2.51. The molecule has 0 radical (unpaired) electrons. The summed E-state index contributed by atoms with van der Waals surface area (Å²) in [5.41, 5.74) is 15.8. The third kappa shape index (κ3) is 4.27. The minimum atomic E-state index is -0.342. The summed E-state index contributed by atoms with van der Waals surface area (Å²) in [6.07, 6.45) is 0.171. The molecule has 0 saturated heterocycles. The minimum absolute atomic E-state index is 0.171. The van der Waals surface area contributed by atoms with E-state index in [4.69, 9.17) is 5.73 Å². The largest absolute Gasteiger partial charge is 0.369 e. The van der Waals surface area contributed by atoms with Crippen molar-refractivity contribution in [2.75, 3.05) is 0 Å². The molecule has 0 aliphatic heterocycles. The predicted octanol–water partition coefficient (Wildman–Crippen LogP) is 8.54. The molecule has 6 rings (SSSR count). The van der Waals surface area contributed by atoms with Crippen LogP contribution in [0.1, 0.15) is 5.56 Å². The number of carbonyl (C=O) groups is 1. The van der Waals surface area contributed by atoms with Crippen molar-refractivity contribution in [3.05, 3.63) is 145 Å². The summed E-state index contributed by atoms with van der Waals surface area (Å²) in [5, 5.41) is 2.17. The van der Waals surface area contributed by atoms with E-state index in [-0.39, 0.29) is 12.3 Å². The normalized spacial score (nSPS) is 10.9. The fraction of sp³-hybridized carbons (Fsp3) is 0.0278. The molecule has 2 nitrogen and oxygen atoms in total. The molecule has 0 atom stereocenters. The Balaban J connectivity index is 1.93. The van der Waals surface area contributed by atoms with Gasteiger partial charge in [-0.15, -0.1) is 0 Å². The Morgan fingerprint density at radius 3 is 1.29 bits per heavy atom. The molecular weight excluding hydrogens is 462 g/mol. The Morgan fingerprint density at radius 2 is 0.842 bits per heavy atom. The van der Waals surface area contributed by atoms with Gasteiger partial charge in [-0.1, -0.05) is 140 Å². The summed E-state index contributed by atoms with van der Waals surface area (Å²) >= 11 is 0. The second-order valence-electron chi connectivity index (χ2n) is 9.45. The SMILES string of the molecule is NC(=O)Cc1cccc2c(-c3ccccc3)c(-c3ccccc3)c(-c3ccccc3)c(-c3ccccc3)c12. The van der Waals surface area contributed by atoms with Gasteiger partial charge in [-0.2, -0.15) is 0 Å². The van der Waals surface area contributed by atoms with Gasteiger partial charge in [-0.05, 0) is 60.8 Å². The lowest BCUT2D eigenvalue weighted by Gasteiger charge is -2.25. The fourth-order valence-corrected chi connectivity index (χ4v) is 5.53. The van der Waals surface area contributed by atoms with Gasteiger partial charge < -0.3 is 5.73 Å². The smallest absolute Gasteiger partial charge is 0.221 e. The molecule has 38 heavy (non-hydrogen) atoms. The van der Waals surface area contributed by atoms with E-state index < -0.39 is 0 Å². The lowest BCUT2D eigenvalue weighted by molar-refractivity contribution is -0.117. The van der Waals surface area contributed by atoms with Gasteiger partial charge in [-0.25, -0.2) is 0 Å². The molecule has 0 aliphatic carbocycles. The van der Waals surface area contributed by atoms with Crippen LogP contribution >= 0.6 is 0 Å². The van der Waals surface area contributed by atoms with E-state index in [9.17, 15) is 4.79 Å². The lowest BCUT2D eigenvalue weighted by atomic mass is 9.77. The lowest BCUT2D eigenvalue weighted by Crippen LogP contribution is -2.14. The summed E-state index contributed by atoms with van der Waals surface area (Å²) in [5.74, 6) is -0.342. The summed E-state index contributed by atoms with van der Waals surface area (Å²) in [7, 11) is 0. The van der Waals surface area contributed by atoms with Crippen molar-refractivity contribution in [3.8, 4) is 44.5 Å². The number of rotatable bonds is 6. The standard InChI is InChI=1S/C36H27NO/c37-31(38)24-29-22-13-23-30-32(25-14-5-1-6-15-25)34(26-16-7-2-8-17-26)36(28-20-11-4-12-21-28)35(33(29)30)27-18-9-3-10-19-27/h1-23H,24H2,(H2,37,38). The highest BCUT2D eigenvalue weighted by atomic mass is 16.1. The first-order valence-electron chi connectivity index (χ1n) is 12.8. The molecular formula is C36H27NO. The first-order chi connectivity index (χ1) is 18.7. The van der Waals surface area contributed by atoms with Gasteiger partial charge in [0.25, 0.3) is 0 Å². The zero-order chi connectivity index (χ0) is 25.9. The van der Waals surface area contributed by atoms with E-state index >= 15 is 0 Å². The molecule has 0 unspecified atom stereocenters. The van der Waals surface area contributed by atoms with Gasteiger partial charge in [-0.3, -0.25) is 4.79 Å². The second kappa shape index (κ2) is 10.2. The van der Waals surface area contributed by atoms with Crippen LogP contribution in [0.25, 0.3) is 55.3 Å². The molecule has 6 aromatic rings. The first-order valence-corrected chi connectivity index (χ1v) is 12.8. The van der Waals surface area contributed by atoms with Gasteiger partial charge >= 0.3 is 0 Å². The number of hydrogen-bond acceptors (Lipinski definition) is 1. The molecule has 6 aromatic carbocycles. The van der Waals surface area contributed by atoms with E-state index in [1.807, 2.05) is 30.3 Å². The second-order valence-corrected chi connectivity index (χ2v) is 9.45. The van der Waals surface area contributed by atoms with Crippen LogP contribution in [0.5, 0.6) is 0 Å². The van der Waals surface area contributed by atoms with Crippen LogP contribution in [0.15, 0.2) is 140 Å². The molecule has 2 N–H and O–H groups in total. The summed E-state index contributed by atoms with van der Waals surface area (Å²) in [6, 6.07) is 48.4. The average Bonchev–Trinajstić information content (AvgIpc) is 2.97. The quantitative estimate of drug-likeness (QED) is 0.250. The van der Waals surface area contributed by atoms with E-state index in [0.29, 0.717) is 0 Å². The molecule has 0 heterocycles. The molecule has 182 valence electrons. The maximum absolute atomic E-state index is 12.3. The van der Waals surface area contributed by atoms with Crippen LogP contribution in [-0.2, 0) is 11.2 Å². The van der Waals surface area contributed by atoms with E-state index in [1.165, 1.54) is 5.56 Å². The van der Waals surface area contributed by atoms with Gasteiger partial charge in [0.15, 0.2) is 0 Å². The number of fused-ring (bicyclic) bond motifs is 1. The third-order valence-corrected chi connectivity index (χ3v) is 7.03. The third-order valence-electron chi connectivity index (χ3n) is 7.03. The predicted molar refractivity (Wildman–Crippen MR) is 159 cm³/mol. The number of nitrogens with two attached hydrogens (primary N) is 1. The van der Waals surface area contributed by atoms with Crippen molar-refractivity contribution in [3.63, 3.8) is 0 Å². The average molecular weight is 490 g/mol. The number of primary amides is 1. The summed E-state index contributed by atoms with van der Waals surface area (Å²) in [4.78, 5) is 12.3. The van der Waals surface area contributed by atoms with Crippen molar-refractivity contribution in [2.24, 2.45) is 5.73 Å². The highest BCUT2D eigenvalue weighted by molar-refractivity contribution is 6.19. The van der Waals surface area contributed by atoms with Crippen LogP contribution in [0.3, 0.4) is 0 Å². The molecule has 2 heteroatoms. The van der Waals surface area contributed by atoms with Crippen LogP contribution in [0, 0.1) is 0 Å². The molecule has 0 bridgehead atoms. The monoisotopic (exact) mass is 489 g/mol. The Bertz CT molecular complexity index is 1730. The van der Waals surface area contributed by atoms with Crippen molar-refractivity contribution < 1.29 is 4.79 Å². The van der Waals surface area contributed by atoms with Crippen molar-refractivity contribution in [1.82, 2.24) is 0 Å². The Labute approximate surface area is 223 Å². The maximum atomic E-state index is 12.3. The Hall–Kier alpha value is -4.95. The van der Waals surface area contributed by atoms with Gasteiger partial charge in [0, 0.05) is 0 Å². The van der Waals surface area contributed by atoms with Gasteiger partial charge in [0.05, 0.1) is 6.42 Å². The van der Waals surface area contributed by atoms with E-state index in [0.717, 1.165) is 55.3 Å². The van der Waals surface area contributed by atoms with Crippen LogP contribution in [-0.4, -0.2) is 5.91 Å². The van der Waals surface area contributed by atoms with Gasteiger partial charge in [0.2, 0.25) is 5.91 Å². The first kappa shape index (κ1) is 23.4. The fourth-order valence-electron chi connectivity index (χ4n) is 5.53. The molecule has 0 spiro atoms. The molecule has 0 aliphatic rings. The molecule has 0 aromatic heterocycles. The number of amides is 1. The van der Waals surface area contributed by atoms with Crippen molar-refractivity contribution in [2.45, 2.75) is 6.42 Å². The Morgan fingerprint density at radius 1 is 0.447 bits per heavy atom. The molecule has 0 fully saturated rings. The Kier molecular flexibility index (Phi) is 6.29. The molecule has 1 amide bonds. The van der Waals surface area contributed by atoms with Crippen LogP contribution in [0.4, 0.5) is 0 Å². The number of hydrogen-bond donors (Lipinski definition) is 1.